The molecule has 2 heterocycles. The van der Waals surface area contributed by atoms with Gasteiger partial charge in [0.15, 0.2) is 0 Å². The molecule has 0 aliphatic carbocycles. The van der Waals surface area contributed by atoms with Crippen molar-refractivity contribution in [3.8, 4) is 0 Å². The van der Waals surface area contributed by atoms with Gasteiger partial charge >= 0.3 is 6.03 Å². The average Bonchev–Trinajstić information content (AvgIpc) is 3.21. The lowest BCUT2D eigenvalue weighted by atomic mass is 9.92. The summed E-state index contributed by atoms with van der Waals surface area (Å²) in [4.78, 5) is 29.4. The van der Waals surface area contributed by atoms with E-state index in [1.54, 1.807) is 16.8 Å². The van der Waals surface area contributed by atoms with E-state index in [9.17, 15) is 9.59 Å². The van der Waals surface area contributed by atoms with Gasteiger partial charge in [-0.25, -0.2) is 4.79 Å². The number of rotatable bonds is 5. The minimum Gasteiger partial charge on any atom is -0.336 e. The van der Waals surface area contributed by atoms with E-state index in [-0.39, 0.29) is 17.4 Å². The van der Waals surface area contributed by atoms with Crippen LogP contribution in [0.15, 0.2) is 54.6 Å². The molecule has 9 heteroatoms. The number of benzene rings is 2. The number of halogens is 1. The largest absolute Gasteiger partial charge is 0.336 e. The van der Waals surface area contributed by atoms with Gasteiger partial charge in [0, 0.05) is 56.9 Å². The average molecular weight is 509 g/mol. The molecule has 0 atom stereocenters. The fourth-order valence-corrected chi connectivity index (χ4v) is 4.31. The third kappa shape index (κ3) is 6.25. The third-order valence-electron chi connectivity index (χ3n) is 6.27. The van der Waals surface area contributed by atoms with Gasteiger partial charge in [-0.2, -0.15) is 5.10 Å². The quantitative estimate of drug-likeness (QED) is 0.509. The number of amides is 3. The molecule has 4 rings (SSSR count). The van der Waals surface area contributed by atoms with Crippen LogP contribution in [0.2, 0.25) is 5.02 Å². The Morgan fingerprint density at radius 2 is 1.64 bits per heavy atom. The van der Waals surface area contributed by atoms with E-state index in [1.807, 2.05) is 54.4 Å². The first-order valence-corrected chi connectivity index (χ1v) is 12.5. The Morgan fingerprint density at radius 1 is 0.972 bits per heavy atom. The number of aryl methyl sites for hydroxylation is 1. The molecule has 1 aliphatic heterocycles. The Hall–Kier alpha value is -3.36. The number of aromatic nitrogens is 2. The van der Waals surface area contributed by atoms with Crippen LogP contribution in [0, 0.1) is 0 Å². The first kappa shape index (κ1) is 25.7. The van der Waals surface area contributed by atoms with E-state index in [1.165, 1.54) is 0 Å². The van der Waals surface area contributed by atoms with E-state index in [0.717, 1.165) is 30.9 Å². The standard InChI is InChI=1S/C27H33ClN6O2/c1-27(2,3)23-17-24(32(4)31-23)30-26(36)29-20-11-9-19(10-12-20)18-33-13-15-34(16-14-33)25(35)21-7-5-6-8-22(21)28/h5-12,17H,13-16,18H2,1-4H3,(H2,29,30,36). The number of nitrogens with one attached hydrogen (secondary N) is 2. The number of nitrogens with zero attached hydrogens (tertiary/aromatic N) is 4. The van der Waals surface area contributed by atoms with Crippen LogP contribution in [0.3, 0.4) is 0 Å². The molecular formula is C27H33ClN6O2. The van der Waals surface area contributed by atoms with Gasteiger partial charge < -0.3 is 10.2 Å². The highest BCUT2D eigenvalue weighted by molar-refractivity contribution is 6.33. The zero-order valence-electron chi connectivity index (χ0n) is 21.2. The zero-order chi connectivity index (χ0) is 25.9. The van der Waals surface area contributed by atoms with Gasteiger partial charge in [0.05, 0.1) is 16.3 Å². The topological polar surface area (TPSA) is 82.5 Å². The van der Waals surface area contributed by atoms with Crippen LogP contribution in [-0.2, 0) is 19.0 Å². The van der Waals surface area contributed by atoms with Crippen molar-refractivity contribution in [1.82, 2.24) is 19.6 Å². The molecule has 1 aliphatic rings. The summed E-state index contributed by atoms with van der Waals surface area (Å²) in [6.45, 7) is 9.94. The number of piperazine rings is 1. The number of carbonyl (C=O) groups excluding carboxylic acids is 2. The minimum atomic E-state index is -0.314. The normalized spacial score (nSPS) is 14.5. The van der Waals surface area contributed by atoms with Crippen LogP contribution < -0.4 is 10.6 Å². The number of urea groups is 1. The van der Waals surface area contributed by atoms with Gasteiger partial charge in [0.25, 0.3) is 5.91 Å². The van der Waals surface area contributed by atoms with Crippen molar-refractivity contribution < 1.29 is 9.59 Å². The summed E-state index contributed by atoms with van der Waals surface area (Å²) < 4.78 is 1.67. The van der Waals surface area contributed by atoms with Crippen molar-refractivity contribution in [2.45, 2.75) is 32.7 Å². The van der Waals surface area contributed by atoms with Crippen LogP contribution in [0.1, 0.15) is 42.4 Å². The van der Waals surface area contributed by atoms with Crippen molar-refractivity contribution in [1.29, 1.82) is 0 Å². The highest BCUT2D eigenvalue weighted by Gasteiger charge is 2.23. The Kier molecular flexibility index (Phi) is 7.66. The maximum atomic E-state index is 12.8. The van der Waals surface area contributed by atoms with E-state index < -0.39 is 0 Å². The Morgan fingerprint density at radius 3 is 2.25 bits per heavy atom. The SMILES string of the molecule is Cn1nc(C(C)(C)C)cc1NC(=O)Nc1ccc(CN2CCN(C(=O)c3ccccc3Cl)CC2)cc1. The predicted octanol–water partition coefficient (Wildman–Crippen LogP) is 4.97. The van der Waals surface area contributed by atoms with Crippen molar-refractivity contribution in [3.63, 3.8) is 0 Å². The summed E-state index contributed by atoms with van der Waals surface area (Å²) in [6, 6.07) is 16.6. The summed E-state index contributed by atoms with van der Waals surface area (Å²) in [5, 5.41) is 10.7. The molecule has 36 heavy (non-hydrogen) atoms. The van der Waals surface area contributed by atoms with Crippen LogP contribution in [0.4, 0.5) is 16.3 Å². The summed E-state index contributed by atoms with van der Waals surface area (Å²) in [6.07, 6.45) is 0. The van der Waals surface area contributed by atoms with Crippen LogP contribution in [0.5, 0.6) is 0 Å². The second-order valence-corrected chi connectivity index (χ2v) is 10.5. The molecule has 0 radical (unpaired) electrons. The summed E-state index contributed by atoms with van der Waals surface area (Å²) >= 11 is 6.19. The highest BCUT2D eigenvalue weighted by atomic mass is 35.5. The van der Waals surface area contributed by atoms with E-state index in [0.29, 0.717) is 35.2 Å². The monoisotopic (exact) mass is 508 g/mol. The zero-order valence-corrected chi connectivity index (χ0v) is 22.0. The van der Waals surface area contributed by atoms with Gasteiger partial charge in [-0.15, -0.1) is 0 Å². The fourth-order valence-electron chi connectivity index (χ4n) is 4.10. The van der Waals surface area contributed by atoms with Crippen LogP contribution in [-0.4, -0.2) is 57.7 Å². The summed E-state index contributed by atoms with van der Waals surface area (Å²) in [5.41, 5.74) is 3.23. The highest BCUT2D eigenvalue weighted by Crippen LogP contribution is 2.24. The van der Waals surface area contributed by atoms with Crippen molar-refractivity contribution in [2.24, 2.45) is 7.05 Å². The molecule has 3 aromatic rings. The van der Waals surface area contributed by atoms with Crippen LogP contribution >= 0.6 is 11.6 Å². The molecular weight excluding hydrogens is 476 g/mol. The minimum absolute atomic E-state index is 0.0188. The van der Waals surface area contributed by atoms with Crippen molar-refractivity contribution in [2.75, 3.05) is 36.8 Å². The number of hydrogen-bond donors (Lipinski definition) is 2. The van der Waals surface area contributed by atoms with E-state index in [4.69, 9.17) is 11.6 Å². The summed E-state index contributed by atoms with van der Waals surface area (Å²) in [5.74, 6) is 0.621. The molecule has 1 aromatic heterocycles. The molecule has 3 amide bonds. The number of anilines is 2. The molecule has 0 unspecified atom stereocenters. The molecule has 0 spiro atoms. The van der Waals surface area contributed by atoms with Crippen molar-refractivity contribution >= 4 is 35.0 Å². The van der Waals surface area contributed by atoms with Gasteiger partial charge in [-0.1, -0.05) is 56.6 Å². The van der Waals surface area contributed by atoms with Gasteiger partial charge in [-0.3, -0.25) is 19.7 Å². The Balaban J connectivity index is 1.26. The fraction of sp³-hybridized carbons (Fsp3) is 0.370. The smallest absolute Gasteiger partial charge is 0.324 e. The molecule has 1 fully saturated rings. The molecule has 8 nitrogen and oxygen atoms in total. The maximum Gasteiger partial charge on any atom is 0.324 e. The second kappa shape index (κ2) is 10.7. The molecule has 2 N–H and O–H groups in total. The number of hydrogen-bond acceptors (Lipinski definition) is 4. The van der Waals surface area contributed by atoms with E-state index >= 15 is 0 Å². The first-order chi connectivity index (χ1) is 17.1. The molecule has 0 bridgehead atoms. The van der Waals surface area contributed by atoms with Crippen molar-refractivity contribution in [3.05, 3.63) is 76.4 Å². The Bertz CT molecular complexity index is 1220. The maximum absolute atomic E-state index is 12.8. The summed E-state index contributed by atoms with van der Waals surface area (Å²) in [7, 11) is 1.81. The molecule has 2 aromatic carbocycles. The van der Waals surface area contributed by atoms with Gasteiger partial charge in [0.1, 0.15) is 5.82 Å². The van der Waals surface area contributed by atoms with Gasteiger partial charge in [0.2, 0.25) is 0 Å². The molecule has 0 saturated carbocycles. The lowest BCUT2D eigenvalue weighted by Gasteiger charge is -2.35. The van der Waals surface area contributed by atoms with E-state index in [2.05, 4.69) is 41.4 Å². The molecule has 190 valence electrons. The lowest BCUT2D eigenvalue weighted by molar-refractivity contribution is 0.0628. The number of carbonyl (C=O) groups is 2. The Labute approximate surface area is 217 Å². The predicted molar refractivity (Wildman–Crippen MR) is 144 cm³/mol. The second-order valence-electron chi connectivity index (χ2n) is 10.1. The first-order valence-electron chi connectivity index (χ1n) is 12.1. The van der Waals surface area contributed by atoms with Gasteiger partial charge in [-0.05, 0) is 29.8 Å². The lowest BCUT2D eigenvalue weighted by Crippen LogP contribution is -2.48. The molecule has 1 saturated heterocycles. The van der Waals surface area contributed by atoms with Crippen LogP contribution in [0.25, 0.3) is 0 Å². The third-order valence-corrected chi connectivity index (χ3v) is 6.60.